The number of nitrogens with zero attached hydrogens (tertiary/aromatic N) is 1. The highest BCUT2D eigenvalue weighted by Gasteiger charge is 2.15. The van der Waals surface area contributed by atoms with E-state index in [1.54, 1.807) is 12.1 Å². The number of carboxylic acids is 1. The van der Waals surface area contributed by atoms with Crippen molar-refractivity contribution in [1.29, 1.82) is 0 Å². The molecule has 2 rings (SSSR count). The van der Waals surface area contributed by atoms with Crippen LogP contribution in [0.3, 0.4) is 0 Å². The molecule has 4 N–H and O–H groups in total. The fourth-order valence-electron chi connectivity index (χ4n) is 2.51. The van der Waals surface area contributed by atoms with Crippen molar-refractivity contribution in [2.75, 3.05) is 13.2 Å². The van der Waals surface area contributed by atoms with E-state index in [0.717, 1.165) is 29.3 Å². The number of aromatic nitrogens is 1. The van der Waals surface area contributed by atoms with Gasteiger partial charge in [-0.1, -0.05) is 12.1 Å². The number of para-hydroxylation sites is 1. The molecule has 0 bridgehead atoms. The molecule has 0 aliphatic heterocycles. The fourth-order valence-corrected chi connectivity index (χ4v) is 2.51. The molecule has 0 aliphatic carbocycles. The number of rotatable bonds is 7. The van der Waals surface area contributed by atoms with E-state index < -0.39 is 5.97 Å². The molecule has 1 aromatic heterocycles. The molecule has 5 nitrogen and oxygen atoms in total. The molecule has 0 fully saturated rings. The van der Waals surface area contributed by atoms with Crippen LogP contribution < -0.4 is 5.73 Å². The van der Waals surface area contributed by atoms with Crippen LogP contribution in [-0.4, -0.2) is 33.9 Å². The Morgan fingerprint density at radius 2 is 2.10 bits per heavy atom. The van der Waals surface area contributed by atoms with Gasteiger partial charge in [0.05, 0.1) is 11.1 Å². The third-order valence-electron chi connectivity index (χ3n) is 3.42. The van der Waals surface area contributed by atoms with E-state index in [9.17, 15) is 9.90 Å². The van der Waals surface area contributed by atoms with Crippen LogP contribution in [0.15, 0.2) is 24.4 Å². The Morgan fingerprint density at radius 1 is 1.30 bits per heavy atom. The van der Waals surface area contributed by atoms with Gasteiger partial charge in [0.15, 0.2) is 0 Å². The molecule has 0 amide bonds. The Hall–Kier alpha value is -1.85. The predicted octanol–water partition coefficient (Wildman–Crippen LogP) is 1.61. The first-order chi connectivity index (χ1) is 9.69. The van der Waals surface area contributed by atoms with E-state index in [2.05, 4.69) is 0 Å². The van der Waals surface area contributed by atoms with Crippen LogP contribution in [0.1, 0.15) is 28.8 Å². The van der Waals surface area contributed by atoms with Crippen molar-refractivity contribution in [1.82, 2.24) is 4.57 Å². The fraction of sp³-hybridized carbons (Fsp3) is 0.400. The number of nitrogens with two attached hydrogens (primary N) is 1. The summed E-state index contributed by atoms with van der Waals surface area (Å²) in [6.45, 7) is 1.41. The highest BCUT2D eigenvalue weighted by molar-refractivity contribution is 6.03. The molecule has 0 radical (unpaired) electrons. The van der Waals surface area contributed by atoms with Gasteiger partial charge >= 0.3 is 5.97 Å². The number of carbonyl (C=O) groups is 1. The van der Waals surface area contributed by atoms with Gasteiger partial charge in [0.2, 0.25) is 0 Å². The number of hydrogen-bond acceptors (Lipinski definition) is 3. The maximum absolute atomic E-state index is 11.4. The van der Waals surface area contributed by atoms with E-state index in [-0.39, 0.29) is 6.61 Å². The smallest absolute Gasteiger partial charge is 0.337 e. The number of aromatic carboxylic acids is 1. The van der Waals surface area contributed by atoms with Gasteiger partial charge in [-0.3, -0.25) is 0 Å². The first-order valence-corrected chi connectivity index (χ1v) is 6.84. The largest absolute Gasteiger partial charge is 0.478 e. The molecular weight excluding hydrogens is 256 g/mol. The van der Waals surface area contributed by atoms with Gasteiger partial charge in [-0.05, 0) is 37.4 Å². The molecule has 0 aliphatic rings. The molecule has 20 heavy (non-hydrogen) atoms. The Kier molecular flexibility index (Phi) is 4.76. The van der Waals surface area contributed by atoms with Crippen molar-refractivity contribution < 1.29 is 15.0 Å². The number of fused-ring (bicyclic) bond motifs is 1. The number of aliphatic hydroxyl groups excluding tert-OH is 1. The van der Waals surface area contributed by atoms with Gasteiger partial charge in [0.1, 0.15) is 0 Å². The summed E-state index contributed by atoms with van der Waals surface area (Å²) < 4.78 is 1.97. The van der Waals surface area contributed by atoms with E-state index in [1.165, 1.54) is 0 Å². The van der Waals surface area contributed by atoms with Crippen LogP contribution in [0.5, 0.6) is 0 Å². The molecule has 0 saturated heterocycles. The predicted molar refractivity (Wildman–Crippen MR) is 78.0 cm³/mol. The van der Waals surface area contributed by atoms with Crippen molar-refractivity contribution in [3.8, 4) is 0 Å². The van der Waals surface area contributed by atoms with Gasteiger partial charge in [0, 0.05) is 24.7 Å². The lowest BCUT2D eigenvalue weighted by Crippen LogP contribution is -2.07. The normalized spacial score (nSPS) is 11.1. The first kappa shape index (κ1) is 14.6. The molecular formula is C15H20N2O3. The molecule has 1 aromatic carbocycles. The zero-order valence-electron chi connectivity index (χ0n) is 11.4. The van der Waals surface area contributed by atoms with Gasteiger partial charge in [0.25, 0.3) is 0 Å². The van der Waals surface area contributed by atoms with E-state index >= 15 is 0 Å². The second-order valence-electron chi connectivity index (χ2n) is 4.82. The molecule has 0 unspecified atom stereocenters. The number of hydrogen-bond donors (Lipinski definition) is 3. The van der Waals surface area contributed by atoms with Gasteiger partial charge < -0.3 is 20.5 Å². The Bertz CT molecular complexity index is 604. The van der Waals surface area contributed by atoms with Gasteiger partial charge in [-0.15, -0.1) is 0 Å². The quantitative estimate of drug-likeness (QED) is 0.717. The molecule has 5 heteroatoms. The number of benzene rings is 1. The average molecular weight is 276 g/mol. The zero-order chi connectivity index (χ0) is 14.5. The summed E-state index contributed by atoms with van der Waals surface area (Å²) in [5.74, 6) is -0.920. The summed E-state index contributed by atoms with van der Waals surface area (Å²) in [6, 6.07) is 5.33. The molecule has 1 heterocycles. The highest BCUT2D eigenvalue weighted by atomic mass is 16.4. The van der Waals surface area contributed by atoms with E-state index in [4.69, 9.17) is 10.8 Å². The molecule has 0 atom stereocenters. The third kappa shape index (κ3) is 2.84. The highest BCUT2D eigenvalue weighted by Crippen LogP contribution is 2.26. The number of carboxylic acid groups (broad SMARTS) is 1. The van der Waals surface area contributed by atoms with Crippen LogP contribution in [0.2, 0.25) is 0 Å². The molecule has 0 saturated carbocycles. The van der Waals surface area contributed by atoms with Gasteiger partial charge in [-0.2, -0.15) is 0 Å². The molecule has 0 spiro atoms. The van der Waals surface area contributed by atoms with Crippen LogP contribution in [-0.2, 0) is 13.0 Å². The van der Waals surface area contributed by atoms with E-state index in [0.29, 0.717) is 25.1 Å². The van der Waals surface area contributed by atoms with Crippen LogP contribution in [0, 0.1) is 0 Å². The first-order valence-electron chi connectivity index (χ1n) is 6.84. The lowest BCUT2D eigenvalue weighted by molar-refractivity contribution is 0.0698. The zero-order valence-corrected chi connectivity index (χ0v) is 11.4. The summed E-state index contributed by atoms with van der Waals surface area (Å²) in [7, 11) is 0. The van der Waals surface area contributed by atoms with E-state index in [1.807, 2.05) is 16.8 Å². The minimum atomic E-state index is -0.920. The summed E-state index contributed by atoms with van der Waals surface area (Å²) in [5.41, 5.74) is 7.69. The van der Waals surface area contributed by atoms with Crippen LogP contribution >= 0.6 is 0 Å². The van der Waals surface area contributed by atoms with Crippen LogP contribution in [0.25, 0.3) is 10.9 Å². The Balaban J connectivity index is 2.54. The van der Waals surface area contributed by atoms with Crippen molar-refractivity contribution in [3.05, 3.63) is 35.5 Å². The number of aliphatic hydroxyl groups is 1. The van der Waals surface area contributed by atoms with Crippen molar-refractivity contribution in [2.45, 2.75) is 25.8 Å². The average Bonchev–Trinajstić information content (AvgIpc) is 2.80. The van der Waals surface area contributed by atoms with Crippen molar-refractivity contribution >= 4 is 16.9 Å². The maximum atomic E-state index is 11.4. The number of aryl methyl sites for hydroxylation is 2. The SMILES string of the molecule is NCCCn1cc(CCCO)c2cccc(C(=O)O)c21. The molecule has 2 aromatic rings. The molecule has 108 valence electrons. The van der Waals surface area contributed by atoms with Gasteiger partial charge in [-0.25, -0.2) is 4.79 Å². The summed E-state index contributed by atoms with van der Waals surface area (Å²) in [5, 5.41) is 19.3. The van der Waals surface area contributed by atoms with Crippen molar-refractivity contribution in [3.63, 3.8) is 0 Å². The minimum Gasteiger partial charge on any atom is -0.478 e. The summed E-state index contributed by atoms with van der Waals surface area (Å²) in [6.07, 6.45) is 4.21. The van der Waals surface area contributed by atoms with Crippen molar-refractivity contribution in [2.24, 2.45) is 5.73 Å². The topological polar surface area (TPSA) is 88.5 Å². The second-order valence-corrected chi connectivity index (χ2v) is 4.82. The third-order valence-corrected chi connectivity index (χ3v) is 3.42. The Labute approximate surface area is 117 Å². The second kappa shape index (κ2) is 6.54. The summed E-state index contributed by atoms with van der Waals surface area (Å²) in [4.78, 5) is 11.4. The lowest BCUT2D eigenvalue weighted by atomic mass is 10.1. The Morgan fingerprint density at radius 3 is 2.75 bits per heavy atom. The minimum absolute atomic E-state index is 0.133. The summed E-state index contributed by atoms with van der Waals surface area (Å²) >= 11 is 0. The lowest BCUT2D eigenvalue weighted by Gasteiger charge is -2.06. The maximum Gasteiger partial charge on any atom is 0.337 e. The van der Waals surface area contributed by atoms with Crippen LogP contribution in [0.4, 0.5) is 0 Å². The standard InChI is InChI=1S/C15H20N2O3/c16-7-3-8-17-10-11(4-2-9-18)12-5-1-6-13(14(12)17)15(19)20/h1,5-6,10,18H,2-4,7-9,16H2,(H,19,20). The monoisotopic (exact) mass is 276 g/mol.